The molecule has 0 aromatic heterocycles. The Bertz CT molecular complexity index is 394. The quantitative estimate of drug-likeness (QED) is 0.835. The van der Waals surface area contributed by atoms with E-state index in [1.807, 2.05) is 24.8 Å². The monoisotopic (exact) mass is 236 g/mol. The molecular formula is C12H16N2OS. The van der Waals surface area contributed by atoms with E-state index in [-0.39, 0.29) is 18.0 Å². The number of hydrogen-bond acceptors (Lipinski definition) is 3. The summed E-state index contributed by atoms with van der Waals surface area (Å²) in [6.45, 7) is 1.81. The molecule has 3 N–H and O–H groups in total. The zero-order valence-electron chi connectivity index (χ0n) is 9.27. The number of primary amides is 1. The predicted octanol–water partition coefficient (Wildman–Crippen LogP) is 1.44. The standard InChI is InChI=1S/C12H16N2OS/c1-8(12(13)15)14-11-7-16-6-9-4-2-3-5-10(9)11/h2-5,8,11,14H,6-7H2,1H3,(H2,13,15). The molecule has 2 unspecified atom stereocenters. The summed E-state index contributed by atoms with van der Waals surface area (Å²) in [4.78, 5) is 11.0. The topological polar surface area (TPSA) is 55.1 Å². The first-order chi connectivity index (χ1) is 7.68. The van der Waals surface area contributed by atoms with Gasteiger partial charge in [-0.05, 0) is 18.1 Å². The lowest BCUT2D eigenvalue weighted by molar-refractivity contribution is -0.119. The van der Waals surface area contributed by atoms with Crippen molar-refractivity contribution in [3.8, 4) is 0 Å². The van der Waals surface area contributed by atoms with Crippen LogP contribution < -0.4 is 11.1 Å². The highest BCUT2D eigenvalue weighted by atomic mass is 32.2. The van der Waals surface area contributed by atoms with Crippen LogP contribution in [0.2, 0.25) is 0 Å². The number of fused-ring (bicyclic) bond motifs is 1. The fraction of sp³-hybridized carbons (Fsp3) is 0.417. The molecule has 1 heterocycles. The van der Waals surface area contributed by atoms with Crippen LogP contribution in [-0.2, 0) is 10.5 Å². The van der Waals surface area contributed by atoms with Crippen LogP contribution in [-0.4, -0.2) is 17.7 Å². The van der Waals surface area contributed by atoms with E-state index < -0.39 is 0 Å². The van der Waals surface area contributed by atoms with Gasteiger partial charge in [-0.25, -0.2) is 0 Å². The van der Waals surface area contributed by atoms with E-state index >= 15 is 0 Å². The molecule has 1 aliphatic heterocycles. The largest absolute Gasteiger partial charge is 0.368 e. The zero-order chi connectivity index (χ0) is 11.5. The van der Waals surface area contributed by atoms with Crippen LogP contribution >= 0.6 is 11.8 Å². The Labute approximate surface area is 99.8 Å². The lowest BCUT2D eigenvalue weighted by Gasteiger charge is -2.27. The predicted molar refractivity (Wildman–Crippen MR) is 67.1 cm³/mol. The molecular weight excluding hydrogens is 220 g/mol. The van der Waals surface area contributed by atoms with Gasteiger partial charge >= 0.3 is 0 Å². The van der Waals surface area contributed by atoms with Gasteiger partial charge in [0, 0.05) is 17.5 Å². The number of rotatable bonds is 3. The van der Waals surface area contributed by atoms with E-state index in [2.05, 4.69) is 23.5 Å². The van der Waals surface area contributed by atoms with Crippen molar-refractivity contribution in [1.29, 1.82) is 0 Å². The van der Waals surface area contributed by atoms with Crippen LogP contribution in [0.3, 0.4) is 0 Å². The summed E-state index contributed by atoms with van der Waals surface area (Å²) < 4.78 is 0. The highest BCUT2D eigenvalue weighted by Crippen LogP contribution is 2.31. The molecule has 2 rings (SSSR count). The lowest BCUT2D eigenvalue weighted by atomic mass is 10.0. The van der Waals surface area contributed by atoms with E-state index in [1.54, 1.807) is 0 Å². The number of amides is 1. The molecule has 0 saturated heterocycles. The van der Waals surface area contributed by atoms with Crippen LogP contribution in [0.4, 0.5) is 0 Å². The number of carbonyl (C=O) groups excluding carboxylic acids is 1. The molecule has 0 saturated carbocycles. The third-order valence-electron chi connectivity index (χ3n) is 2.85. The second-order valence-corrected chi connectivity index (χ2v) is 5.09. The first-order valence-electron chi connectivity index (χ1n) is 5.39. The minimum Gasteiger partial charge on any atom is -0.368 e. The second kappa shape index (κ2) is 4.89. The summed E-state index contributed by atoms with van der Waals surface area (Å²) in [6.07, 6.45) is 0. The van der Waals surface area contributed by atoms with Crippen molar-refractivity contribution in [2.75, 3.05) is 5.75 Å². The average molecular weight is 236 g/mol. The van der Waals surface area contributed by atoms with Crippen molar-refractivity contribution in [3.63, 3.8) is 0 Å². The van der Waals surface area contributed by atoms with Gasteiger partial charge < -0.3 is 5.73 Å². The average Bonchev–Trinajstić information content (AvgIpc) is 2.29. The van der Waals surface area contributed by atoms with E-state index in [9.17, 15) is 4.79 Å². The van der Waals surface area contributed by atoms with Crippen LogP contribution in [0.25, 0.3) is 0 Å². The molecule has 86 valence electrons. The number of carbonyl (C=O) groups is 1. The summed E-state index contributed by atoms with van der Waals surface area (Å²) in [7, 11) is 0. The van der Waals surface area contributed by atoms with Crippen molar-refractivity contribution < 1.29 is 4.79 Å². The number of benzene rings is 1. The molecule has 0 radical (unpaired) electrons. The molecule has 0 fully saturated rings. The van der Waals surface area contributed by atoms with E-state index in [0.29, 0.717) is 0 Å². The lowest BCUT2D eigenvalue weighted by Crippen LogP contribution is -2.42. The van der Waals surface area contributed by atoms with Gasteiger partial charge in [0.25, 0.3) is 0 Å². The molecule has 0 aliphatic carbocycles. The Balaban J connectivity index is 2.16. The van der Waals surface area contributed by atoms with E-state index in [4.69, 9.17) is 5.73 Å². The summed E-state index contributed by atoms with van der Waals surface area (Å²) in [6, 6.07) is 8.32. The molecule has 16 heavy (non-hydrogen) atoms. The smallest absolute Gasteiger partial charge is 0.234 e. The number of thioether (sulfide) groups is 1. The van der Waals surface area contributed by atoms with Crippen molar-refractivity contribution in [1.82, 2.24) is 5.32 Å². The molecule has 0 spiro atoms. The van der Waals surface area contributed by atoms with Gasteiger partial charge in [0.2, 0.25) is 5.91 Å². The van der Waals surface area contributed by atoms with Crippen molar-refractivity contribution in [2.24, 2.45) is 5.73 Å². The van der Waals surface area contributed by atoms with Gasteiger partial charge in [-0.15, -0.1) is 0 Å². The maximum absolute atomic E-state index is 11.0. The van der Waals surface area contributed by atoms with Gasteiger partial charge in [-0.1, -0.05) is 24.3 Å². The fourth-order valence-corrected chi connectivity index (χ4v) is 3.02. The molecule has 1 aromatic rings. The Morgan fingerprint density at radius 1 is 1.56 bits per heavy atom. The summed E-state index contributed by atoms with van der Waals surface area (Å²) in [5.74, 6) is 1.75. The highest BCUT2D eigenvalue weighted by Gasteiger charge is 2.22. The molecule has 3 nitrogen and oxygen atoms in total. The molecule has 1 amide bonds. The third-order valence-corrected chi connectivity index (χ3v) is 3.93. The van der Waals surface area contributed by atoms with E-state index in [0.717, 1.165) is 11.5 Å². The number of nitrogens with two attached hydrogens (primary N) is 1. The van der Waals surface area contributed by atoms with Crippen molar-refractivity contribution >= 4 is 17.7 Å². The first-order valence-corrected chi connectivity index (χ1v) is 6.55. The van der Waals surface area contributed by atoms with Gasteiger partial charge in [-0.2, -0.15) is 11.8 Å². The normalized spacial score (nSPS) is 21.2. The molecule has 1 aliphatic rings. The van der Waals surface area contributed by atoms with Gasteiger partial charge in [0.05, 0.1) is 6.04 Å². The SMILES string of the molecule is CC(NC1CSCc2ccccc21)C(N)=O. The molecule has 0 bridgehead atoms. The van der Waals surface area contributed by atoms with Crippen LogP contribution in [0.15, 0.2) is 24.3 Å². The minimum absolute atomic E-state index is 0.234. The molecule has 4 heteroatoms. The Hall–Kier alpha value is -1.00. The van der Waals surface area contributed by atoms with Gasteiger partial charge in [0.1, 0.15) is 0 Å². The third kappa shape index (κ3) is 2.39. The van der Waals surface area contributed by atoms with Gasteiger partial charge in [0.15, 0.2) is 0 Å². The fourth-order valence-electron chi connectivity index (χ4n) is 1.90. The van der Waals surface area contributed by atoms with E-state index in [1.165, 1.54) is 11.1 Å². The summed E-state index contributed by atoms with van der Waals surface area (Å²) in [5.41, 5.74) is 7.92. The van der Waals surface area contributed by atoms with Crippen molar-refractivity contribution in [3.05, 3.63) is 35.4 Å². The number of hydrogen-bond donors (Lipinski definition) is 2. The summed E-state index contributed by atoms with van der Waals surface area (Å²) in [5, 5.41) is 3.28. The second-order valence-electron chi connectivity index (χ2n) is 4.06. The van der Waals surface area contributed by atoms with Crippen molar-refractivity contribution in [2.45, 2.75) is 24.8 Å². The van der Waals surface area contributed by atoms with Crippen LogP contribution in [0, 0.1) is 0 Å². The summed E-state index contributed by atoms with van der Waals surface area (Å²) >= 11 is 1.88. The highest BCUT2D eigenvalue weighted by molar-refractivity contribution is 7.98. The van der Waals surface area contributed by atoms with Gasteiger partial charge in [-0.3, -0.25) is 10.1 Å². The maximum atomic E-state index is 11.0. The van der Waals surface area contributed by atoms with Crippen LogP contribution in [0.5, 0.6) is 0 Å². The Kier molecular flexibility index (Phi) is 3.51. The first kappa shape index (κ1) is 11.5. The number of nitrogens with one attached hydrogen (secondary N) is 1. The molecule has 2 atom stereocenters. The maximum Gasteiger partial charge on any atom is 0.234 e. The molecule has 1 aromatic carbocycles. The van der Waals surface area contributed by atoms with Crippen LogP contribution in [0.1, 0.15) is 24.1 Å². The minimum atomic E-state index is -0.298. The zero-order valence-corrected chi connectivity index (χ0v) is 10.1. The Morgan fingerprint density at radius 2 is 2.31 bits per heavy atom. The Morgan fingerprint density at radius 3 is 3.06 bits per heavy atom.